The fourth-order valence-electron chi connectivity index (χ4n) is 0.313. The highest BCUT2D eigenvalue weighted by Gasteiger charge is 2.22. The number of carbonyl (C=O) groups is 1. The molecule has 5 heteroatoms. The first-order chi connectivity index (χ1) is 4.39. The van der Waals surface area contributed by atoms with Gasteiger partial charge in [0.15, 0.2) is 5.78 Å². The Balaban J connectivity index is 4.54. The first-order valence-electron chi connectivity index (χ1n) is 2.52. The molecular weight excluding hydrogens is 156 g/mol. The fourth-order valence-corrected chi connectivity index (χ4v) is 0.703. The molecule has 0 aromatic carbocycles. The smallest absolute Gasteiger partial charge is 0.275 e. The van der Waals surface area contributed by atoms with Crippen molar-refractivity contribution in [1.82, 2.24) is 0 Å². The summed E-state index contributed by atoms with van der Waals surface area (Å²) in [4.78, 5) is 10.5. The Morgan fingerprint density at radius 2 is 2.10 bits per heavy atom. The number of hydrogen-bond acceptors (Lipinski definition) is 3. The lowest BCUT2D eigenvalue weighted by Crippen LogP contribution is -2.24. The van der Waals surface area contributed by atoms with E-state index in [0.717, 1.165) is 13.0 Å². The van der Waals surface area contributed by atoms with E-state index in [1.54, 1.807) is 0 Å². The molecule has 0 amide bonds. The zero-order valence-electron chi connectivity index (χ0n) is 5.44. The van der Waals surface area contributed by atoms with Crippen molar-refractivity contribution in [2.75, 3.05) is 0 Å². The summed E-state index contributed by atoms with van der Waals surface area (Å²) in [7, 11) is -4.23. The Labute approximate surface area is 59.3 Å². The van der Waals surface area contributed by atoms with Crippen LogP contribution >= 0.6 is 0 Å². The van der Waals surface area contributed by atoms with Gasteiger partial charge < -0.3 is 0 Å². The Morgan fingerprint density at radius 1 is 1.70 bits per heavy atom. The Morgan fingerprint density at radius 3 is 2.20 bits per heavy atom. The summed E-state index contributed by atoms with van der Waals surface area (Å²) in [5.74, 6) is -0.706. The van der Waals surface area contributed by atoms with Gasteiger partial charge in [-0.05, 0) is 13.0 Å². The van der Waals surface area contributed by atoms with Crippen molar-refractivity contribution in [3.05, 3.63) is 12.7 Å². The van der Waals surface area contributed by atoms with Crippen molar-refractivity contribution >= 4 is 15.9 Å². The zero-order valence-corrected chi connectivity index (χ0v) is 6.26. The minimum Gasteiger partial charge on any atom is -0.293 e. The molecule has 0 radical (unpaired) electrons. The monoisotopic (exact) mass is 164 g/mol. The van der Waals surface area contributed by atoms with Crippen molar-refractivity contribution in [1.29, 1.82) is 0 Å². The van der Waals surface area contributed by atoms with Crippen molar-refractivity contribution < 1.29 is 17.8 Å². The molecule has 58 valence electrons. The first-order valence-corrected chi connectivity index (χ1v) is 4.02. The Kier molecular flexibility index (Phi) is 2.74. The van der Waals surface area contributed by atoms with E-state index in [0.29, 0.717) is 0 Å². The minimum atomic E-state index is -4.23. The van der Waals surface area contributed by atoms with Crippen LogP contribution in [0.2, 0.25) is 0 Å². The molecule has 1 atom stereocenters. The van der Waals surface area contributed by atoms with Crippen LogP contribution < -0.4 is 0 Å². The van der Waals surface area contributed by atoms with E-state index in [9.17, 15) is 13.2 Å². The quantitative estimate of drug-likeness (QED) is 0.471. The van der Waals surface area contributed by atoms with Crippen LogP contribution in [0.5, 0.6) is 0 Å². The molecule has 0 bridgehead atoms. The number of rotatable bonds is 3. The van der Waals surface area contributed by atoms with Gasteiger partial charge in [0.25, 0.3) is 10.1 Å². The highest BCUT2D eigenvalue weighted by Crippen LogP contribution is 1.98. The summed E-state index contributed by atoms with van der Waals surface area (Å²) in [6, 6.07) is 0. The molecule has 1 unspecified atom stereocenters. The summed E-state index contributed by atoms with van der Waals surface area (Å²) in [6.07, 6.45) is 0.860. The zero-order chi connectivity index (χ0) is 8.36. The topological polar surface area (TPSA) is 71.4 Å². The first kappa shape index (κ1) is 9.32. The molecule has 4 nitrogen and oxygen atoms in total. The third-order valence-electron chi connectivity index (χ3n) is 1.05. The van der Waals surface area contributed by atoms with Crippen LogP contribution in [0.4, 0.5) is 0 Å². The van der Waals surface area contributed by atoms with Crippen molar-refractivity contribution in [2.45, 2.75) is 12.2 Å². The van der Waals surface area contributed by atoms with E-state index in [4.69, 9.17) is 4.55 Å². The van der Waals surface area contributed by atoms with Gasteiger partial charge in [0.05, 0.1) is 0 Å². The molecule has 0 aliphatic rings. The highest BCUT2D eigenvalue weighted by molar-refractivity contribution is 7.87. The molecule has 0 rings (SSSR count). The second kappa shape index (κ2) is 2.94. The van der Waals surface area contributed by atoms with Gasteiger partial charge in [0, 0.05) is 0 Å². The average Bonchev–Trinajstić information content (AvgIpc) is 1.83. The summed E-state index contributed by atoms with van der Waals surface area (Å²) >= 11 is 0. The van der Waals surface area contributed by atoms with E-state index < -0.39 is 21.2 Å². The Bertz CT molecular complexity index is 238. The molecule has 0 saturated carbocycles. The maximum atomic E-state index is 10.5. The van der Waals surface area contributed by atoms with Crippen molar-refractivity contribution in [3.8, 4) is 0 Å². The van der Waals surface area contributed by atoms with Gasteiger partial charge in [-0.3, -0.25) is 9.35 Å². The van der Waals surface area contributed by atoms with Gasteiger partial charge in [0.1, 0.15) is 5.25 Å². The van der Waals surface area contributed by atoms with Crippen LogP contribution in [0.1, 0.15) is 6.92 Å². The third-order valence-corrected chi connectivity index (χ3v) is 2.17. The molecule has 0 saturated heterocycles. The van der Waals surface area contributed by atoms with Gasteiger partial charge in [-0.25, -0.2) is 0 Å². The number of ketones is 1. The number of hydrogen-bond donors (Lipinski definition) is 1. The normalized spacial score (nSPS) is 14.2. The van der Waals surface area contributed by atoms with E-state index in [1.165, 1.54) is 0 Å². The summed E-state index contributed by atoms with van der Waals surface area (Å²) in [5.41, 5.74) is 0. The van der Waals surface area contributed by atoms with Crippen molar-refractivity contribution in [3.63, 3.8) is 0 Å². The van der Waals surface area contributed by atoms with E-state index in [2.05, 4.69) is 6.58 Å². The molecule has 0 aromatic rings. The summed E-state index contributed by atoms with van der Waals surface area (Å²) in [5, 5.41) is -1.40. The molecule has 0 fully saturated rings. The van der Waals surface area contributed by atoms with Gasteiger partial charge in [-0.1, -0.05) is 6.58 Å². The predicted octanol–water partition coefficient (Wildman–Crippen LogP) is 0.0178. The van der Waals surface area contributed by atoms with E-state index in [1.807, 2.05) is 0 Å². The van der Waals surface area contributed by atoms with Crippen LogP contribution in [0.3, 0.4) is 0 Å². The molecule has 0 aliphatic heterocycles. The molecule has 1 N–H and O–H groups in total. The van der Waals surface area contributed by atoms with Gasteiger partial charge in [-0.2, -0.15) is 8.42 Å². The number of allylic oxidation sites excluding steroid dienone is 1. The predicted molar refractivity (Wildman–Crippen MR) is 36.2 cm³/mol. The lowest BCUT2D eigenvalue weighted by molar-refractivity contribution is -0.114. The van der Waals surface area contributed by atoms with Gasteiger partial charge >= 0.3 is 0 Å². The molecular formula is C5H8O4S. The Hall–Kier alpha value is -0.680. The highest BCUT2D eigenvalue weighted by atomic mass is 32.2. The standard InChI is InChI=1S/C5H8O4S/c1-3-5(6)4(2)10(7,8)9/h3-4H,1H2,2H3,(H,7,8,9). The molecule has 0 aromatic heterocycles. The van der Waals surface area contributed by atoms with Crippen LogP contribution in [0.25, 0.3) is 0 Å². The van der Waals surface area contributed by atoms with Crippen LogP contribution in [0.15, 0.2) is 12.7 Å². The SMILES string of the molecule is C=CC(=O)C(C)S(=O)(=O)O. The number of carbonyl (C=O) groups excluding carboxylic acids is 1. The summed E-state index contributed by atoms with van der Waals surface area (Å²) < 4.78 is 28.7. The van der Waals surface area contributed by atoms with Crippen LogP contribution in [-0.2, 0) is 14.9 Å². The van der Waals surface area contributed by atoms with Crippen LogP contribution in [-0.4, -0.2) is 24.0 Å². The summed E-state index contributed by atoms with van der Waals surface area (Å²) in [6.45, 7) is 4.17. The van der Waals surface area contributed by atoms with E-state index in [-0.39, 0.29) is 0 Å². The minimum absolute atomic E-state index is 0.706. The molecule has 0 aliphatic carbocycles. The lowest BCUT2D eigenvalue weighted by Gasteiger charge is -2.00. The largest absolute Gasteiger partial charge is 0.293 e. The second-order valence-corrected chi connectivity index (χ2v) is 3.50. The van der Waals surface area contributed by atoms with Crippen LogP contribution in [0, 0.1) is 0 Å². The maximum Gasteiger partial charge on any atom is 0.275 e. The van der Waals surface area contributed by atoms with E-state index >= 15 is 0 Å². The maximum absolute atomic E-state index is 10.5. The van der Waals surface area contributed by atoms with Crippen molar-refractivity contribution in [2.24, 2.45) is 0 Å². The second-order valence-electron chi connectivity index (χ2n) is 1.76. The molecule has 10 heavy (non-hydrogen) atoms. The fraction of sp³-hybridized carbons (Fsp3) is 0.400. The lowest BCUT2D eigenvalue weighted by atomic mass is 10.3. The van der Waals surface area contributed by atoms with Gasteiger partial charge in [-0.15, -0.1) is 0 Å². The average molecular weight is 164 g/mol. The molecule has 0 spiro atoms. The molecule has 0 heterocycles. The van der Waals surface area contributed by atoms with Gasteiger partial charge in [0.2, 0.25) is 0 Å². The third kappa shape index (κ3) is 2.28.